The van der Waals surface area contributed by atoms with E-state index in [2.05, 4.69) is 102 Å². The number of aromatic amines is 1. The summed E-state index contributed by atoms with van der Waals surface area (Å²) in [6.07, 6.45) is 0.412. The van der Waals surface area contributed by atoms with E-state index < -0.39 is 0 Å². The van der Waals surface area contributed by atoms with Crippen molar-refractivity contribution in [2.75, 3.05) is 0 Å². The summed E-state index contributed by atoms with van der Waals surface area (Å²) in [5.74, 6) is 0. The number of H-pyrrole nitrogens is 1. The van der Waals surface area contributed by atoms with Crippen LogP contribution in [0.2, 0.25) is 0 Å². The molecule has 5 rings (SSSR count). The van der Waals surface area contributed by atoms with E-state index in [1.54, 1.807) is 0 Å². The van der Waals surface area contributed by atoms with Gasteiger partial charge in [-0.15, -0.1) is 0 Å². The van der Waals surface area contributed by atoms with E-state index in [1.807, 2.05) is 24.3 Å². The van der Waals surface area contributed by atoms with Gasteiger partial charge in [0.2, 0.25) is 0 Å². The van der Waals surface area contributed by atoms with Crippen LogP contribution in [0, 0.1) is 11.3 Å². The Hall–Kier alpha value is -4.35. The van der Waals surface area contributed by atoms with Crippen molar-refractivity contribution >= 4 is 0 Å². The molecule has 0 fully saturated rings. The number of benzene rings is 4. The number of hydrogen-bond acceptors (Lipinski definition) is 1. The summed E-state index contributed by atoms with van der Waals surface area (Å²) in [4.78, 5) is 3.71. The Morgan fingerprint density at radius 3 is 1.91 bits per heavy atom. The zero-order valence-electron chi connectivity index (χ0n) is 17.6. The number of nitrogens with zero attached hydrogens (tertiary/aromatic N) is 1. The van der Waals surface area contributed by atoms with Crippen molar-refractivity contribution in [3.8, 4) is 50.8 Å². The average Bonchev–Trinajstić information content (AvgIpc) is 3.31. The maximum atomic E-state index is 9.11. The molecule has 1 aromatic heterocycles. The van der Waals surface area contributed by atoms with Gasteiger partial charge >= 0.3 is 0 Å². The largest absolute Gasteiger partial charge is 0.354 e. The van der Waals surface area contributed by atoms with Gasteiger partial charge in [0, 0.05) is 16.8 Å². The van der Waals surface area contributed by atoms with Crippen molar-refractivity contribution in [1.29, 1.82) is 5.26 Å². The van der Waals surface area contributed by atoms with Crippen LogP contribution < -0.4 is 0 Å². The van der Waals surface area contributed by atoms with E-state index in [0.717, 1.165) is 39.2 Å². The second-order valence-corrected chi connectivity index (χ2v) is 7.78. The summed E-state index contributed by atoms with van der Waals surface area (Å²) < 4.78 is 0. The SMILES string of the molecule is N#CCc1cccc(-c2ccccc2-c2cc(-c3ccccc3)c(-c3ccccc3)[nH]2)c1. The van der Waals surface area contributed by atoms with Crippen molar-refractivity contribution in [3.63, 3.8) is 0 Å². The van der Waals surface area contributed by atoms with Crippen LogP contribution in [0.5, 0.6) is 0 Å². The highest BCUT2D eigenvalue weighted by molar-refractivity contribution is 5.90. The number of nitrogens with one attached hydrogen (secondary N) is 1. The lowest BCUT2D eigenvalue weighted by Crippen LogP contribution is -1.88. The molecule has 0 aliphatic heterocycles. The molecule has 1 heterocycles. The molecule has 0 aliphatic carbocycles. The molecule has 0 unspecified atom stereocenters. The van der Waals surface area contributed by atoms with Crippen LogP contribution >= 0.6 is 0 Å². The van der Waals surface area contributed by atoms with Gasteiger partial charge in [0.05, 0.1) is 18.2 Å². The van der Waals surface area contributed by atoms with E-state index in [0.29, 0.717) is 6.42 Å². The van der Waals surface area contributed by atoms with Crippen LogP contribution in [-0.2, 0) is 6.42 Å². The summed E-state index contributed by atoms with van der Waals surface area (Å²) in [5, 5.41) is 9.11. The molecular formula is C30H22N2. The zero-order valence-corrected chi connectivity index (χ0v) is 17.6. The molecule has 32 heavy (non-hydrogen) atoms. The Morgan fingerprint density at radius 1 is 0.562 bits per heavy atom. The van der Waals surface area contributed by atoms with E-state index in [9.17, 15) is 0 Å². The lowest BCUT2D eigenvalue weighted by molar-refractivity contribution is 1.26. The van der Waals surface area contributed by atoms with Gasteiger partial charge in [0.15, 0.2) is 0 Å². The third-order valence-electron chi connectivity index (χ3n) is 5.70. The second-order valence-electron chi connectivity index (χ2n) is 7.78. The molecule has 0 saturated carbocycles. The molecule has 0 atom stereocenters. The van der Waals surface area contributed by atoms with Crippen molar-refractivity contribution in [2.45, 2.75) is 6.42 Å². The maximum absolute atomic E-state index is 9.11. The molecule has 0 radical (unpaired) electrons. The van der Waals surface area contributed by atoms with Gasteiger partial charge in [-0.3, -0.25) is 0 Å². The minimum atomic E-state index is 0.412. The zero-order chi connectivity index (χ0) is 21.8. The van der Waals surface area contributed by atoms with Crippen LogP contribution in [0.15, 0.2) is 115 Å². The molecule has 0 aliphatic rings. The van der Waals surface area contributed by atoms with Crippen LogP contribution in [-0.4, -0.2) is 4.98 Å². The van der Waals surface area contributed by atoms with Crippen LogP contribution in [0.3, 0.4) is 0 Å². The highest BCUT2D eigenvalue weighted by Gasteiger charge is 2.15. The van der Waals surface area contributed by atoms with Crippen molar-refractivity contribution in [2.24, 2.45) is 0 Å². The Kier molecular flexibility index (Phi) is 5.39. The highest BCUT2D eigenvalue weighted by Crippen LogP contribution is 2.39. The molecule has 0 saturated heterocycles. The van der Waals surface area contributed by atoms with Gasteiger partial charge in [-0.2, -0.15) is 5.26 Å². The van der Waals surface area contributed by atoms with Crippen molar-refractivity contribution in [3.05, 3.63) is 121 Å². The number of aromatic nitrogens is 1. The molecule has 0 amide bonds. The average molecular weight is 411 g/mol. The molecule has 1 N–H and O–H groups in total. The van der Waals surface area contributed by atoms with Crippen LogP contribution in [0.25, 0.3) is 44.8 Å². The molecule has 4 aromatic carbocycles. The third kappa shape index (κ3) is 3.85. The fraction of sp³-hybridized carbons (Fsp3) is 0.0333. The van der Waals surface area contributed by atoms with E-state index in [4.69, 9.17) is 5.26 Å². The summed E-state index contributed by atoms with van der Waals surface area (Å²) in [6.45, 7) is 0. The lowest BCUT2D eigenvalue weighted by Gasteiger charge is -2.10. The quantitative estimate of drug-likeness (QED) is 0.316. The monoisotopic (exact) mass is 410 g/mol. The van der Waals surface area contributed by atoms with Gasteiger partial charge in [-0.25, -0.2) is 0 Å². The van der Waals surface area contributed by atoms with Crippen LogP contribution in [0.1, 0.15) is 5.56 Å². The minimum absolute atomic E-state index is 0.412. The number of hydrogen-bond donors (Lipinski definition) is 1. The molecular weight excluding hydrogens is 388 g/mol. The smallest absolute Gasteiger partial charge is 0.0669 e. The standard InChI is InChI=1S/C30H22N2/c31-19-18-22-10-9-15-25(20-22)26-16-7-8-17-27(26)29-21-28(23-11-3-1-4-12-23)30(32-29)24-13-5-2-6-14-24/h1-17,20-21,32H,18H2. The first-order valence-electron chi connectivity index (χ1n) is 10.7. The molecule has 152 valence electrons. The number of rotatable bonds is 5. The fourth-order valence-electron chi connectivity index (χ4n) is 4.19. The Labute approximate surface area is 188 Å². The second kappa shape index (κ2) is 8.79. The van der Waals surface area contributed by atoms with Gasteiger partial charge in [0.25, 0.3) is 0 Å². The first kappa shape index (κ1) is 19.6. The maximum Gasteiger partial charge on any atom is 0.0669 e. The Bertz CT molecular complexity index is 1330. The van der Waals surface area contributed by atoms with Gasteiger partial charge in [-0.1, -0.05) is 109 Å². The normalized spacial score (nSPS) is 10.6. The molecule has 0 spiro atoms. The number of nitriles is 1. The predicted octanol–water partition coefficient (Wildman–Crippen LogP) is 7.75. The Morgan fingerprint density at radius 2 is 1.19 bits per heavy atom. The van der Waals surface area contributed by atoms with Crippen molar-refractivity contribution < 1.29 is 0 Å². The fourth-order valence-corrected chi connectivity index (χ4v) is 4.19. The van der Waals surface area contributed by atoms with E-state index >= 15 is 0 Å². The van der Waals surface area contributed by atoms with Crippen LogP contribution in [0.4, 0.5) is 0 Å². The topological polar surface area (TPSA) is 39.6 Å². The Balaban J connectivity index is 1.68. The highest BCUT2D eigenvalue weighted by atomic mass is 14.7. The van der Waals surface area contributed by atoms with Gasteiger partial charge < -0.3 is 4.98 Å². The van der Waals surface area contributed by atoms with Crippen molar-refractivity contribution in [1.82, 2.24) is 4.98 Å². The predicted molar refractivity (Wildman–Crippen MR) is 132 cm³/mol. The molecule has 2 heteroatoms. The summed E-state index contributed by atoms with van der Waals surface area (Å²) in [7, 11) is 0. The van der Waals surface area contributed by atoms with E-state index in [-0.39, 0.29) is 0 Å². The van der Waals surface area contributed by atoms with Gasteiger partial charge in [-0.05, 0) is 33.9 Å². The third-order valence-corrected chi connectivity index (χ3v) is 5.70. The first-order chi connectivity index (χ1) is 15.8. The first-order valence-corrected chi connectivity index (χ1v) is 10.7. The molecule has 2 nitrogen and oxygen atoms in total. The summed E-state index contributed by atoms with van der Waals surface area (Å²) in [6, 6.07) is 42.1. The molecule has 0 bridgehead atoms. The van der Waals surface area contributed by atoms with Gasteiger partial charge in [0.1, 0.15) is 0 Å². The summed E-state index contributed by atoms with van der Waals surface area (Å²) >= 11 is 0. The lowest BCUT2D eigenvalue weighted by atomic mass is 9.95. The summed E-state index contributed by atoms with van der Waals surface area (Å²) in [5.41, 5.74) is 10.1. The minimum Gasteiger partial charge on any atom is -0.354 e. The molecule has 5 aromatic rings. The van der Waals surface area contributed by atoms with E-state index in [1.165, 1.54) is 11.1 Å².